The van der Waals surface area contributed by atoms with Crippen molar-refractivity contribution in [3.63, 3.8) is 0 Å². The van der Waals surface area contributed by atoms with Crippen LogP contribution in [0.5, 0.6) is 0 Å². The second-order valence-corrected chi connectivity index (χ2v) is 8.47. The number of nitrogens with one attached hydrogen (secondary N) is 1. The second kappa shape index (κ2) is 5.34. The SMILES string of the molecule is Cc1cc(C)c(C(=O)OC2CC3(C)CCC2C(C)(C)N3)c(C)c1. The largest absolute Gasteiger partial charge is 0.458 e. The zero-order chi connectivity index (χ0) is 17.0. The molecule has 4 rings (SSSR count). The molecule has 0 aromatic heterocycles. The molecule has 126 valence electrons. The molecular weight excluding hydrogens is 286 g/mol. The van der Waals surface area contributed by atoms with E-state index < -0.39 is 0 Å². The number of aryl methyl sites for hydroxylation is 3. The lowest BCUT2D eigenvalue weighted by molar-refractivity contribution is -0.0825. The van der Waals surface area contributed by atoms with Crippen LogP contribution in [0.4, 0.5) is 0 Å². The van der Waals surface area contributed by atoms with Gasteiger partial charge >= 0.3 is 5.97 Å². The monoisotopic (exact) mass is 315 g/mol. The summed E-state index contributed by atoms with van der Waals surface area (Å²) in [6.45, 7) is 12.8. The molecule has 3 heteroatoms. The van der Waals surface area contributed by atoms with Gasteiger partial charge in [0.25, 0.3) is 0 Å². The van der Waals surface area contributed by atoms with Crippen molar-refractivity contribution in [2.45, 2.75) is 78.0 Å². The van der Waals surface area contributed by atoms with E-state index in [2.05, 4.69) is 45.1 Å². The van der Waals surface area contributed by atoms with Crippen molar-refractivity contribution in [1.82, 2.24) is 5.32 Å². The third kappa shape index (κ3) is 2.91. The zero-order valence-electron chi connectivity index (χ0n) is 15.2. The molecule has 3 unspecified atom stereocenters. The summed E-state index contributed by atoms with van der Waals surface area (Å²) in [4.78, 5) is 12.8. The molecule has 3 atom stereocenters. The third-order valence-corrected chi connectivity index (χ3v) is 5.80. The predicted molar refractivity (Wildman–Crippen MR) is 92.8 cm³/mol. The topological polar surface area (TPSA) is 38.3 Å². The van der Waals surface area contributed by atoms with Crippen LogP contribution in [0.25, 0.3) is 0 Å². The molecule has 0 spiro atoms. The third-order valence-electron chi connectivity index (χ3n) is 5.80. The lowest BCUT2D eigenvalue weighted by atomic mass is 9.63. The van der Waals surface area contributed by atoms with Crippen molar-refractivity contribution < 1.29 is 9.53 Å². The molecule has 1 aromatic rings. The Balaban J connectivity index is 1.84. The first-order valence-corrected chi connectivity index (χ1v) is 8.69. The molecule has 1 aromatic carbocycles. The minimum Gasteiger partial charge on any atom is -0.458 e. The summed E-state index contributed by atoms with van der Waals surface area (Å²) in [5.74, 6) is 0.233. The van der Waals surface area contributed by atoms with Gasteiger partial charge in [-0.15, -0.1) is 0 Å². The van der Waals surface area contributed by atoms with Crippen LogP contribution in [0.1, 0.15) is 67.1 Å². The molecule has 23 heavy (non-hydrogen) atoms. The van der Waals surface area contributed by atoms with Crippen molar-refractivity contribution in [2.75, 3.05) is 0 Å². The maximum absolute atomic E-state index is 12.8. The number of carbonyl (C=O) groups is 1. The summed E-state index contributed by atoms with van der Waals surface area (Å²) < 4.78 is 6.03. The van der Waals surface area contributed by atoms with Gasteiger partial charge in [-0.3, -0.25) is 0 Å². The molecule has 0 amide bonds. The molecule has 1 saturated carbocycles. The smallest absolute Gasteiger partial charge is 0.338 e. The number of carbonyl (C=O) groups excluding carboxylic acids is 1. The number of piperidine rings is 2. The number of hydrogen-bond acceptors (Lipinski definition) is 3. The number of fused-ring (bicyclic) bond motifs is 3. The van der Waals surface area contributed by atoms with Crippen LogP contribution < -0.4 is 5.32 Å². The lowest BCUT2D eigenvalue weighted by Gasteiger charge is -2.57. The van der Waals surface area contributed by atoms with E-state index >= 15 is 0 Å². The van der Waals surface area contributed by atoms with Gasteiger partial charge in [0, 0.05) is 23.4 Å². The molecule has 2 saturated heterocycles. The Labute approximate surface area is 139 Å². The highest BCUT2D eigenvalue weighted by Crippen LogP contribution is 2.46. The average Bonchev–Trinajstić information content (AvgIpc) is 2.34. The van der Waals surface area contributed by atoms with Gasteiger partial charge in [-0.2, -0.15) is 0 Å². The minimum absolute atomic E-state index is 0.0117. The maximum atomic E-state index is 12.8. The highest BCUT2D eigenvalue weighted by Gasteiger charge is 2.53. The predicted octanol–water partition coefficient (Wildman–Crippen LogP) is 4.08. The van der Waals surface area contributed by atoms with Crippen LogP contribution in [-0.4, -0.2) is 23.2 Å². The van der Waals surface area contributed by atoms with Gasteiger partial charge in [0.15, 0.2) is 0 Å². The molecule has 2 bridgehead atoms. The van der Waals surface area contributed by atoms with E-state index in [4.69, 9.17) is 4.74 Å². The molecule has 3 aliphatic rings. The van der Waals surface area contributed by atoms with E-state index in [0.717, 1.165) is 36.0 Å². The highest BCUT2D eigenvalue weighted by molar-refractivity contribution is 5.93. The van der Waals surface area contributed by atoms with Gasteiger partial charge < -0.3 is 10.1 Å². The summed E-state index contributed by atoms with van der Waals surface area (Å²) in [5, 5.41) is 3.75. The van der Waals surface area contributed by atoms with E-state index in [0.29, 0.717) is 5.92 Å². The van der Waals surface area contributed by atoms with E-state index in [1.54, 1.807) is 0 Å². The van der Waals surface area contributed by atoms with Crippen molar-refractivity contribution in [3.05, 3.63) is 34.4 Å². The van der Waals surface area contributed by atoms with Gasteiger partial charge in [0.2, 0.25) is 0 Å². The van der Waals surface area contributed by atoms with Crippen LogP contribution in [0.15, 0.2) is 12.1 Å². The Kier molecular flexibility index (Phi) is 3.83. The van der Waals surface area contributed by atoms with E-state index in [1.807, 2.05) is 13.8 Å². The van der Waals surface area contributed by atoms with Gasteiger partial charge in [-0.25, -0.2) is 4.79 Å². The Morgan fingerprint density at radius 1 is 1.17 bits per heavy atom. The highest BCUT2D eigenvalue weighted by atomic mass is 16.5. The van der Waals surface area contributed by atoms with Crippen molar-refractivity contribution in [2.24, 2.45) is 5.92 Å². The Hall–Kier alpha value is -1.35. The van der Waals surface area contributed by atoms with E-state index in [1.165, 1.54) is 5.56 Å². The molecule has 3 fully saturated rings. The average molecular weight is 315 g/mol. The Morgan fingerprint density at radius 2 is 1.78 bits per heavy atom. The zero-order valence-corrected chi connectivity index (χ0v) is 15.2. The Morgan fingerprint density at radius 3 is 2.30 bits per heavy atom. The summed E-state index contributed by atoms with van der Waals surface area (Å²) in [5.41, 5.74) is 4.06. The number of ether oxygens (including phenoxy) is 1. The molecule has 2 aliphatic heterocycles. The fourth-order valence-electron chi connectivity index (χ4n) is 4.98. The summed E-state index contributed by atoms with van der Waals surface area (Å²) >= 11 is 0. The van der Waals surface area contributed by atoms with E-state index in [9.17, 15) is 4.79 Å². The van der Waals surface area contributed by atoms with Gasteiger partial charge in [-0.05, 0) is 65.5 Å². The van der Waals surface area contributed by atoms with Crippen LogP contribution in [0.2, 0.25) is 0 Å². The van der Waals surface area contributed by atoms with Crippen molar-refractivity contribution >= 4 is 5.97 Å². The van der Waals surface area contributed by atoms with Crippen molar-refractivity contribution in [1.29, 1.82) is 0 Å². The quantitative estimate of drug-likeness (QED) is 0.836. The first-order valence-electron chi connectivity index (χ1n) is 8.69. The first-order chi connectivity index (χ1) is 10.6. The van der Waals surface area contributed by atoms with Gasteiger partial charge in [0.05, 0.1) is 5.56 Å². The number of benzene rings is 1. The Bertz CT molecular complexity index is 623. The van der Waals surface area contributed by atoms with Crippen LogP contribution in [-0.2, 0) is 4.74 Å². The number of hydrogen-bond donors (Lipinski definition) is 1. The first kappa shape index (κ1) is 16.5. The number of rotatable bonds is 2. The summed E-state index contributed by atoms with van der Waals surface area (Å²) in [6, 6.07) is 4.12. The van der Waals surface area contributed by atoms with Gasteiger partial charge in [0.1, 0.15) is 6.10 Å². The molecule has 1 aliphatic carbocycles. The fraction of sp³-hybridized carbons (Fsp3) is 0.650. The molecule has 1 N–H and O–H groups in total. The maximum Gasteiger partial charge on any atom is 0.338 e. The van der Waals surface area contributed by atoms with E-state index in [-0.39, 0.29) is 23.2 Å². The summed E-state index contributed by atoms with van der Waals surface area (Å²) in [7, 11) is 0. The minimum atomic E-state index is -0.156. The lowest BCUT2D eigenvalue weighted by Crippen LogP contribution is -2.69. The van der Waals surface area contributed by atoms with Gasteiger partial charge in [-0.1, -0.05) is 17.7 Å². The normalized spacial score (nSPS) is 31.9. The van der Waals surface area contributed by atoms with Crippen molar-refractivity contribution in [3.8, 4) is 0 Å². The summed E-state index contributed by atoms with van der Waals surface area (Å²) in [6.07, 6.45) is 3.21. The van der Waals surface area contributed by atoms with Crippen LogP contribution in [0.3, 0.4) is 0 Å². The standard InChI is InChI=1S/C20H29NO2/c1-12-9-13(2)17(14(3)10-12)18(22)23-16-11-20(6)8-7-15(16)19(4,5)21-20/h9-10,15-16,21H,7-8,11H2,1-6H3. The fourth-order valence-corrected chi connectivity index (χ4v) is 4.98. The molecular formula is C20H29NO2. The number of esters is 1. The molecule has 0 radical (unpaired) electrons. The van der Waals surface area contributed by atoms with Crippen LogP contribution >= 0.6 is 0 Å². The second-order valence-electron chi connectivity index (χ2n) is 8.47. The van der Waals surface area contributed by atoms with Crippen LogP contribution in [0, 0.1) is 26.7 Å². The molecule has 2 heterocycles. The molecule has 3 nitrogen and oxygen atoms in total.